The average molecular weight is 355 g/mol. The van der Waals surface area contributed by atoms with Crippen LogP contribution >= 0.6 is 11.6 Å². The van der Waals surface area contributed by atoms with E-state index in [9.17, 15) is 4.79 Å². The Kier molecular flexibility index (Phi) is 4.96. The van der Waals surface area contributed by atoms with Gasteiger partial charge in [-0.05, 0) is 46.6 Å². The van der Waals surface area contributed by atoms with Crippen LogP contribution < -0.4 is 5.43 Å². The molecule has 2 unspecified atom stereocenters. The molecule has 1 aliphatic rings. The van der Waals surface area contributed by atoms with Crippen molar-refractivity contribution in [3.63, 3.8) is 0 Å². The summed E-state index contributed by atoms with van der Waals surface area (Å²) in [6, 6.07) is 15.9. The van der Waals surface area contributed by atoms with Crippen molar-refractivity contribution >= 4 is 23.7 Å². The van der Waals surface area contributed by atoms with Crippen LogP contribution in [0.1, 0.15) is 49.8 Å². The fourth-order valence-corrected chi connectivity index (χ4v) is 3.01. The molecule has 0 bridgehead atoms. The van der Waals surface area contributed by atoms with Gasteiger partial charge < -0.3 is 0 Å². The van der Waals surface area contributed by atoms with Gasteiger partial charge in [-0.3, -0.25) is 4.79 Å². The molecule has 2 atom stereocenters. The van der Waals surface area contributed by atoms with Crippen LogP contribution in [0, 0.1) is 5.92 Å². The molecule has 0 radical (unpaired) electrons. The predicted molar refractivity (Wildman–Crippen MR) is 103 cm³/mol. The van der Waals surface area contributed by atoms with Gasteiger partial charge in [-0.15, -0.1) is 0 Å². The maximum Gasteiger partial charge on any atom is 0.243 e. The smallest absolute Gasteiger partial charge is 0.243 e. The molecular formula is C21H23ClN2O. The second-order valence-electron chi connectivity index (χ2n) is 7.61. The first kappa shape index (κ1) is 17.7. The maximum atomic E-state index is 12.2. The van der Waals surface area contributed by atoms with Gasteiger partial charge in [0, 0.05) is 10.9 Å². The fourth-order valence-electron chi connectivity index (χ4n) is 2.89. The topological polar surface area (TPSA) is 41.5 Å². The van der Waals surface area contributed by atoms with Crippen molar-refractivity contribution in [1.82, 2.24) is 5.43 Å². The number of hydrogen-bond donors (Lipinski definition) is 1. The van der Waals surface area contributed by atoms with E-state index in [1.807, 2.05) is 12.1 Å². The lowest BCUT2D eigenvalue weighted by atomic mass is 9.86. The molecule has 1 saturated carbocycles. The van der Waals surface area contributed by atoms with E-state index in [2.05, 4.69) is 55.6 Å². The largest absolute Gasteiger partial charge is 0.273 e. The van der Waals surface area contributed by atoms with Crippen molar-refractivity contribution in [3.8, 4) is 0 Å². The van der Waals surface area contributed by atoms with Crippen molar-refractivity contribution in [1.29, 1.82) is 0 Å². The van der Waals surface area contributed by atoms with Crippen molar-refractivity contribution in [2.45, 2.75) is 38.5 Å². The van der Waals surface area contributed by atoms with Gasteiger partial charge in [0.15, 0.2) is 0 Å². The molecule has 3 nitrogen and oxygen atoms in total. The Morgan fingerprint density at radius 1 is 1.12 bits per heavy atom. The highest BCUT2D eigenvalue weighted by molar-refractivity contribution is 6.30. The number of hydrazone groups is 1. The molecule has 2 aromatic rings. The summed E-state index contributed by atoms with van der Waals surface area (Å²) in [6.07, 6.45) is 2.51. The molecule has 2 aromatic carbocycles. The van der Waals surface area contributed by atoms with E-state index in [1.165, 1.54) is 11.1 Å². The summed E-state index contributed by atoms with van der Waals surface area (Å²) in [5.74, 6) is 0.303. The van der Waals surface area contributed by atoms with Crippen LogP contribution in [-0.2, 0) is 10.2 Å². The van der Waals surface area contributed by atoms with Crippen LogP contribution in [0.25, 0.3) is 0 Å². The Labute approximate surface area is 154 Å². The van der Waals surface area contributed by atoms with Crippen LogP contribution in [-0.4, -0.2) is 12.1 Å². The van der Waals surface area contributed by atoms with E-state index in [-0.39, 0.29) is 17.2 Å². The number of hydrogen-bond acceptors (Lipinski definition) is 2. The van der Waals surface area contributed by atoms with Crippen molar-refractivity contribution in [2.24, 2.45) is 11.0 Å². The first-order valence-corrected chi connectivity index (χ1v) is 8.91. The Hall–Kier alpha value is -2.13. The summed E-state index contributed by atoms with van der Waals surface area (Å²) >= 11 is 5.84. The zero-order valence-electron chi connectivity index (χ0n) is 14.8. The molecule has 3 rings (SSSR count). The molecule has 0 heterocycles. The minimum Gasteiger partial charge on any atom is -0.273 e. The summed E-state index contributed by atoms with van der Waals surface area (Å²) in [5, 5.41) is 4.72. The second kappa shape index (κ2) is 7.01. The lowest BCUT2D eigenvalue weighted by Crippen LogP contribution is -2.20. The second-order valence-corrected chi connectivity index (χ2v) is 8.04. The monoisotopic (exact) mass is 354 g/mol. The lowest BCUT2D eigenvalue weighted by Gasteiger charge is -2.19. The van der Waals surface area contributed by atoms with Crippen molar-refractivity contribution in [3.05, 3.63) is 70.2 Å². The van der Waals surface area contributed by atoms with E-state index in [1.54, 1.807) is 18.3 Å². The van der Waals surface area contributed by atoms with Gasteiger partial charge in [0.05, 0.1) is 6.21 Å². The molecular weight excluding hydrogens is 332 g/mol. The van der Waals surface area contributed by atoms with Gasteiger partial charge in [0.1, 0.15) is 0 Å². The van der Waals surface area contributed by atoms with E-state index < -0.39 is 0 Å². The Morgan fingerprint density at radius 3 is 2.36 bits per heavy atom. The Morgan fingerprint density at radius 2 is 1.76 bits per heavy atom. The van der Waals surface area contributed by atoms with E-state index >= 15 is 0 Å². The van der Waals surface area contributed by atoms with Crippen LogP contribution in [0.2, 0.25) is 5.02 Å². The molecule has 25 heavy (non-hydrogen) atoms. The molecule has 1 aliphatic carbocycles. The molecule has 0 saturated heterocycles. The summed E-state index contributed by atoms with van der Waals surface area (Å²) in [6.45, 7) is 6.61. The number of nitrogens with one attached hydrogen (secondary N) is 1. The number of rotatable bonds is 4. The summed E-state index contributed by atoms with van der Waals surface area (Å²) in [4.78, 5) is 12.2. The van der Waals surface area contributed by atoms with E-state index in [4.69, 9.17) is 11.6 Å². The van der Waals surface area contributed by atoms with Crippen LogP contribution in [0.4, 0.5) is 0 Å². The number of nitrogens with zero attached hydrogens (tertiary/aromatic N) is 1. The first-order chi connectivity index (χ1) is 11.8. The minimum atomic E-state index is -0.0184. The minimum absolute atomic E-state index is 0.0165. The lowest BCUT2D eigenvalue weighted by molar-refractivity contribution is -0.122. The third-order valence-corrected chi connectivity index (χ3v) is 4.84. The van der Waals surface area contributed by atoms with Gasteiger partial charge in [-0.2, -0.15) is 5.10 Å². The normalized spacial score (nSPS) is 19.8. The standard InChI is InChI=1S/C21H23ClN2O/c1-21(2,3)16-8-6-15(7-9-16)18-12-19(18)20(25)24-23-13-14-4-10-17(22)11-5-14/h4-11,13,18-19H,12H2,1-3H3,(H,24,25). The van der Waals surface area contributed by atoms with Crippen molar-refractivity contribution < 1.29 is 4.79 Å². The molecule has 1 N–H and O–H groups in total. The Balaban J connectivity index is 1.54. The van der Waals surface area contributed by atoms with Gasteiger partial charge >= 0.3 is 0 Å². The number of carbonyl (C=O) groups excluding carboxylic acids is 1. The molecule has 1 fully saturated rings. The highest BCUT2D eigenvalue weighted by Gasteiger charge is 2.43. The fraction of sp³-hybridized carbons (Fsp3) is 0.333. The summed E-state index contributed by atoms with van der Waals surface area (Å²) in [7, 11) is 0. The third kappa shape index (κ3) is 4.49. The average Bonchev–Trinajstić information content (AvgIpc) is 3.37. The molecule has 4 heteroatoms. The van der Waals surface area contributed by atoms with Gasteiger partial charge in [-0.1, -0.05) is 68.8 Å². The number of carbonyl (C=O) groups is 1. The quantitative estimate of drug-likeness (QED) is 0.616. The molecule has 130 valence electrons. The third-order valence-electron chi connectivity index (χ3n) is 4.59. The van der Waals surface area contributed by atoms with Crippen LogP contribution in [0.3, 0.4) is 0 Å². The number of benzene rings is 2. The zero-order chi connectivity index (χ0) is 18.0. The summed E-state index contributed by atoms with van der Waals surface area (Å²) < 4.78 is 0. The first-order valence-electron chi connectivity index (χ1n) is 8.53. The molecule has 0 aromatic heterocycles. The highest BCUT2D eigenvalue weighted by atomic mass is 35.5. The summed E-state index contributed by atoms with van der Waals surface area (Å²) in [5.41, 5.74) is 6.23. The predicted octanol–water partition coefficient (Wildman–Crippen LogP) is 4.89. The number of halogens is 1. The van der Waals surface area contributed by atoms with Gasteiger partial charge in [-0.25, -0.2) is 5.43 Å². The van der Waals surface area contributed by atoms with E-state index in [0.29, 0.717) is 10.9 Å². The van der Waals surface area contributed by atoms with E-state index in [0.717, 1.165) is 12.0 Å². The maximum absolute atomic E-state index is 12.2. The Bertz CT molecular complexity index is 773. The van der Waals surface area contributed by atoms with Crippen LogP contribution in [0.5, 0.6) is 0 Å². The molecule has 0 spiro atoms. The molecule has 1 amide bonds. The van der Waals surface area contributed by atoms with Gasteiger partial charge in [0.25, 0.3) is 0 Å². The van der Waals surface area contributed by atoms with Crippen molar-refractivity contribution in [2.75, 3.05) is 0 Å². The zero-order valence-corrected chi connectivity index (χ0v) is 15.5. The van der Waals surface area contributed by atoms with Crippen LogP contribution in [0.15, 0.2) is 53.6 Å². The highest BCUT2D eigenvalue weighted by Crippen LogP contribution is 2.47. The molecule has 0 aliphatic heterocycles. The van der Waals surface area contributed by atoms with Gasteiger partial charge in [0.2, 0.25) is 5.91 Å². The number of amides is 1. The SMILES string of the molecule is CC(C)(C)c1ccc(C2CC2C(=O)NN=Cc2ccc(Cl)cc2)cc1.